The Kier molecular flexibility index (Phi) is 5.92. The number of ether oxygens (including phenoxy) is 1. The van der Waals surface area contributed by atoms with Gasteiger partial charge in [-0.15, -0.1) is 0 Å². The summed E-state index contributed by atoms with van der Waals surface area (Å²) in [5.41, 5.74) is 0.0561. The summed E-state index contributed by atoms with van der Waals surface area (Å²) < 4.78 is 21.8. The van der Waals surface area contributed by atoms with Gasteiger partial charge in [-0.25, -0.2) is 23.8 Å². The first kappa shape index (κ1) is 24.4. The van der Waals surface area contributed by atoms with Crippen molar-refractivity contribution >= 4 is 17.8 Å². The van der Waals surface area contributed by atoms with Gasteiger partial charge in [0.05, 0.1) is 52.5 Å². The molecule has 37 heavy (non-hydrogen) atoms. The van der Waals surface area contributed by atoms with E-state index in [0.29, 0.717) is 25.3 Å². The van der Waals surface area contributed by atoms with Crippen molar-refractivity contribution in [3.8, 4) is 23.0 Å². The van der Waals surface area contributed by atoms with E-state index in [1.807, 2.05) is 11.0 Å². The SMILES string of the molecule is CC(C)(C)OC(=O)N1Cc2nc(-c3c(F)cccc3C#N)cc(-n3ccc(N4CC[C@H](O)C4)n3)c2C1=O. The molecule has 0 bridgehead atoms. The molecule has 11 heteroatoms. The van der Waals surface area contributed by atoms with Crippen LogP contribution in [0.3, 0.4) is 0 Å². The topological polar surface area (TPSA) is 125 Å². The van der Waals surface area contributed by atoms with E-state index in [9.17, 15) is 24.3 Å². The molecule has 5 rings (SSSR count). The van der Waals surface area contributed by atoms with E-state index < -0.39 is 29.5 Å². The van der Waals surface area contributed by atoms with E-state index in [4.69, 9.17) is 4.74 Å². The molecule has 1 aromatic carbocycles. The first-order valence-corrected chi connectivity index (χ1v) is 11.8. The summed E-state index contributed by atoms with van der Waals surface area (Å²) in [5, 5.41) is 24.1. The maximum atomic E-state index is 14.9. The fraction of sp³-hybridized carbons (Fsp3) is 0.346. The molecular formula is C26H25FN6O4. The minimum absolute atomic E-state index is 0.00716. The Morgan fingerprint density at radius 1 is 1.27 bits per heavy atom. The number of carbonyl (C=O) groups excluding carboxylic acids is 2. The molecule has 190 valence electrons. The lowest BCUT2D eigenvalue weighted by molar-refractivity contribution is 0.0247. The Labute approximate surface area is 212 Å². The number of aliphatic hydroxyl groups excluding tert-OH is 1. The number of anilines is 1. The molecule has 10 nitrogen and oxygen atoms in total. The van der Waals surface area contributed by atoms with Gasteiger partial charge < -0.3 is 14.7 Å². The van der Waals surface area contributed by atoms with Gasteiger partial charge in [-0.1, -0.05) is 6.07 Å². The van der Waals surface area contributed by atoms with Gasteiger partial charge in [0.15, 0.2) is 5.82 Å². The van der Waals surface area contributed by atoms with Crippen molar-refractivity contribution in [2.24, 2.45) is 0 Å². The van der Waals surface area contributed by atoms with E-state index in [-0.39, 0.29) is 40.3 Å². The average molecular weight is 505 g/mol. The van der Waals surface area contributed by atoms with Gasteiger partial charge in [-0.3, -0.25) is 4.79 Å². The van der Waals surface area contributed by atoms with E-state index in [0.717, 1.165) is 4.90 Å². The number of aromatic nitrogens is 3. The van der Waals surface area contributed by atoms with Gasteiger partial charge in [0.1, 0.15) is 11.4 Å². The Morgan fingerprint density at radius 3 is 2.73 bits per heavy atom. The lowest BCUT2D eigenvalue weighted by Gasteiger charge is -2.23. The molecule has 1 saturated heterocycles. The van der Waals surface area contributed by atoms with E-state index in [1.54, 1.807) is 33.0 Å². The van der Waals surface area contributed by atoms with Crippen LogP contribution < -0.4 is 4.90 Å². The monoisotopic (exact) mass is 504 g/mol. The number of carbonyl (C=O) groups is 2. The second-order valence-corrected chi connectivity index (χ2v) is 10.0. The maximum absolute atomic E-state index is 14.9. The van der Waals surface area contributed by atoms with Crippen molar-refractivity contribution < 1.29 is 23.8 Å². The fourth-order valence-electron chi connectivity index (χ4n) is 4.50. The zero-order valence-electron chi connectivity index (χ0n) is 20.6. The molecule has 2 aliphatic rings. The highest BCUT2D eigenvalue weighted by atomic mass is 19.1. The van der Waals surface area contributed by atoms with Crippen molar-refractivity contribution in [1.29, 1.82) is 5.26 Å². The zero-order chi connectivity index (χ0) is 26.5. The smallest absolute Gasteiger partial charge is 0.417 e. The van der Waals surface area contributed by atoms with Gasteiger partial charge in [0, 0.05) is 25.4 Å². The number of nitriles is 1. The van der Waals surface area contributed by atoms with E-state index in [2.05, 4.69) is 10.1 Å². The van der Waals surface area contributed by atoms with Gasteiger partial charge in [0.2, 0.25) is 0 Å². The number of fused-ring (bicyclic) bond motifs is 1. The largest absolute Gasteiger partial charge is 0.443 e. The van der Waals surface area contributed by atoms with Crippen molar-refractivity contribution in [2.75, 3.05) is 18.0 Å². The molecule has 1 atom stereocenters. The van der Waals surface area contributed by atoms with Crippen LogP contribution in [0.2, 0.25) is 0 Å². The Hall–Kier alpha value is -4.30. The van der Waals surface area contributed by atoms with Crippen molar-refractivity contribution in [1.82, 2.24) is 19.7 Å². The highest BCUT2D eigenvalue weighted by Gasteiger charge is 2.39. The summed E-state index contributed by atoms with van der Waals surface area (Å²) in [6, 6.07) is 9.37. The quantitative estimate of drug-likeness (QED) is 0.575. The molecule has 1 fully saturated rings. The number of amides is 2. The molecular weight excluding hydrogens is 479 g/mol. The molecule has 2 aromatic heterocycles. The summed E-state index contributed by atoms with van der Waals surface area (Å²) >= 11 is 0. The first-order chi connectivity index (χ1) is 17.6. The molecule has 0 radical (unpaired) electrons. The van der Waals surface area contributed by atoms with Crippen molar-refractivity contribution in [2.45, 2.75) is 45.4 Å². The zero-order valence-corrected chi connectivity index (χ0v) is 20.6. The van der Waals surface area contributed by atoms with Gasteiger partial charge in [-0.05, 0) is 45.4 Å². The number of nitrogens with zero attached hydrogens (tertiary/aromatic N) is 6. The molecule has 0 spiro atoms. The minimum atomic E-state index is -0.821. The summed E-state index contributed by atoms with van der Waals surface area (Å²) in [6.07, 6.45) is 1.00. The van der Waals surface area contributed by atoms with Crippen LogP contribution in [0.4, 0.5) is 15.0 Å². The second-order valence-electron chi connectivity index (χ2n) is 10.0. The average Bonchev–Trinajstić information content (AvgIpc) is 3.56. The number of halogens is 1. The van der Waals surface area contributed by atoms with E-state index in [1.165, 1.54) is 28.9 Å². The molecule has 2 aliphatic heterocycles. The Morgan fingerprint density at radius 2 is 2.05 bits per heavy atom. The number of aliphatic hydroxyl groups is 1. The molecule has 3 aromatic rings. The third-order valence-corrected chi connectivity index (χ3v) is 6.15. The van der Waals surface area contributed by atoms with Gasteiger partial charge >= 0.3 is 6.09 Å². The number of rotatable bonds is 3. The van der Waals surface area contributed by atoms with Crippen LogP contribution in [0.15, 0.2) is 36.5 Å². The molecule has 0 aliphatic carbocycles. The summed E-state index contributed by atoms with van der Waals surface area (Å²) in [6.45, 7) is 5.98. The number of hydrogen-bond acceptors (Lipinski definition) is 8. The van der Waals surface area contributed by atoms with Crippen LogP contribution in [0.25, 0.3) is 16.9 Å². The standard InChI is InChI=1S/C26H25FN6O4/c1-26(2,3)37-25(36)32-14-19-23(24(32)35)20(33-10-8-21(30-33)31-9-7-16(34)13-31)11-18(29-19)22-15(12-28)5-4-6-17(22)27/h4-6,8,10-11,16,34H,7,9,13-14H2,1-3H3/t16-/m0/s1. The number of β-amino-alcohol motifs (C(OH)–C–C–N with tert-alkyl or cyclic N) is 1. The first-order valence-electron chi connectivity index (χ1n) is 11.8. The molecule has 4 heterocycles. The fourth-order valence-corrected chi connectivity index (χ4v) is 4.50. The van der Waals surface area contributed by atoms with Crippen molar-refractivity contribution in [3.05, 3.63) is 59.2 Å². The second kappa shape index (κ2) is 8.97. The summed E-state index contributed by atoms with van der Waals surface area (Å²) in [7, 11) is 0. The van der Waals surface area contributed by atoms with Crippen LogP contribution in [-0.4, -0.2) is 61.6 Å². The predicted octanol–water partition coefficient (Wildman–Crippen LogP) is 3.41. The third-order valence-electron chi connectivity index (χ3n) is 6.15. The van der Waals surface area contributed by atoms with E-state index >= 15 is 0 Å². The normalized spacial score (nSPS) is 17.2. The summed E-state index contributed by atoms with van der Waals surface area (Å²) in [4.78, 5) is 33.6. The van der Waals surface area contributed by atoms with Crippen LogP contribution in [0.1, 0.15) is 48.8 Å². The van der Waals surface area contributed by atoms with Crippen LogP contribution in [0, 0.1) is 17.1 Å². The maximum Gasteiger partial charge on any atom is 0.417 e. The number of hydrogen-bond donors (Lipinski definition) is 1. The minimum Gasteiger partial charge on any atom is -0.443 e. The number of imide groups is 1. The lowest BCUT2D eigenvalue weighted by Crippen LogP contribution is -2.37. The van der Waals surface area contributed by atoms with Crippen LogP contribution >= 0.6 is 0 Å². The van der Waals surface area contributed by atoms with Crippen LogP contribution in [-0.2, 0) is 11.3 Å². The van der Waals surface area contributed by atoms with Crippen LogP contribution in [0.5, 0.6) is 0 Å². The van der Waals surface area contributed by atoms with Gasteiger partial charge in [-0.2, -0.15) is 10.4 Å². The highest BCUT2D eigenvalue weighted by molar-refractivity contribution is 6.08. The lowest BCUT2D eigenvalue weighted by atomic mass is 10.0. The number of pyridine rings is 1. The Bertz CT molecular complexity index is 1450. The molecule has 2 amide bonds. The number of benzene rings is 1. The van der Waals surface area contributed by atoms with Gasteiger partial charge in [0.25, 0.3) is 5.91 Å². The van der Waals surface area contributed by atoms with Crippen molar-refractivity contribution in [3.63, 3.8) is 0 Å². The molecule has 0 saturated carbocycles. The molecule has 1 N–H and O–H groups in total. The predicted molar refractivity (Wildman–Crippen MR) is 130 cm³/mol. The third kappa shape index (κ3) is 4.51. The summed E-state index contributed by atoms with van der Waals surface area (Å²) in [5.74, 6) is -0.652. The molecule has 0 unspecified atom stereocenters. The highest BCUT2D eigenvalue weighted by Crippen LogP contribution is 2.34. The Balaban J connectivity index is 1.64.